The first-order valence-electron chi connectivity index (χ1n) is 10.5. The largest absolute Gasteiger partial charge is 0.0654 e. The topological polar surface area (TPSA) is 0 Å². The molecule has 0 spiro atoms. The summed E-state index contributed by atoms with van der Waals surface area (Å²) in [5.41, 5.74) is 1.59. The van der Waals surface area contributed by atoms with E-state index in [4.69, 9.17) is 0 Å². The van der Waals surface area contributed by atoms with Crippen LogP contribution in [0.1, 0.15) is 95.5 Å². The van der Waals surface area contributed by atoms with Gasteiger partial charge in [0, 0.05) is 3.57 Å². The number of benzene rings is 1. The minimum absolute atomic E-state index is 0.836. The van der Waals surface area contributed by atoms with E-state index in [1.165, 1.54) is 80.6 Å². The van der Waals surface area contributed by atoms with Crippen LogP contribution in [-0.2, 0) is 0 Å². The third kappa shape index (κ3) is 5.47. The molecule has 1 aromatic carbocycles. The highest BCUT2D eigenvalue weighted by Crippen LogP contribution is 2.40. The first-order chi connectivity index (χ1) is 11.7. The van der Waals surface area contributed by atoms with Crippen molar-refractivity contribution < 1.29 is 0 Å². The van der Waals surface area contributed by atoms with E-state index in [1.54, 1.807) is 5.56 Å². The fourth-order valence-electron chi connectivity index (χ4n) is 5.21. The Hall–Kier alpha value is -0.0500. The molecule has 0 nitrogen and oxygen atoms in total. The number of rotatable bonds is 6. The first kappa shape index (κ1) is 18.7. The molecule has 0 aliphatic heterocycles. The molecule has 0 bridgehead atoms. The van der Waals surface area contributed by atoms with E-state index >= 15 is 0 Å². The monoisotopic (exact) mass is 438 g/mol. The molecular weight excluding hydrogens is 403 g/mol. The van der Waals surface area contributed by atoms with Gasteiger partial charge in [0.1, 0.15) is 0 Å². The van der Waals surface area contributed by atoms with Crippen molar-refractivity contribution in [1.82, 2.24) is 0 Å². The molecule has 2 saturated carbocycles. The standard InChI is InChI=1S/C23H35I/c1-2-3-18-4-6-19(7-5-18)8-9-20-10-12-21(13-11-20)22-14-16-23(24)17-15-22/h14-21H,2-13H2,1H3. The van der Waals surface area contributed by atoms with Gasteiger partial charge in [0.2, 0.25) is 0 Å². The molecule has 1 heteroatoms. The Kier molecular flexibility index (Phi) is 7.49. The Morgan fingerprint density at radius 2 is 1.17 bits per heavy atom. The molecule has 2 aliphatic carbocycles. The molecule has 0 saturated heterocycles. The van der Waals surface area contributed by atoms with Gasteiger partial charge in [-0.1, -0.05) is 70.4 Å². The third-order valence-electron chi connectivity index (χ3n) is 6.83. The highest BCUT2D eigenvalue weighted by atomic mass is 127. The van der Waals surface area contributed by atoms with Crippen LogP contribution < -0.4 is 0 Å². The van der Waals surface area contributed by atoms with E-state index in [1.807, 2.05) is 0 Å². The fourth-order valence-corrected chi connectivity index (χ4v) is 5.57. The Labute approximate surface area is 163 Å². The maximum atomic E-state index is 2.41. The summed E-state index contributed by atoms with van der Waals surface area (Å²) in [4.78, 5) is 0. The van der Waals surface area contributed by atoms with E-state index < -0.39 is 0 Å². The minimum Gasteiger partial charge on any atom is -0.0654 e. The van der Waals surface area contributed by atoms with Gasteiger partial charge in [-0.2, -0.15) is 0 Å². The zero-order valence-corrected chi connectivity index (χ0v) is 17.6. The Balaban J connectivity index is 1.35. The van der Waals surface area contributed by atoms with Crippen molar-refractivity contribution in [2.75, 3.05) is 0 Å². The zero-order valence-electron chi connectivity index (χ0n) is 15.5. The van der Waals surface area contributed by atoms with Gasteiger partial charge in [-0.15, -0.1) is 0 Å². The first-order valence-corrected chi connectivity index (χ1v) is 11.6. The lowest BCUT2D eigenvalue weighted by Crippen LogP contribution is -2.17. The molecule has 0 aromatic heterocycles. The number of hydrogen-bond donors (Lipinski definition) is 0. The summed E-state index contributed by atoms with van der Waals surface area (Å²) in [5.74, 6) is 3.99. The lowest BCUT2D eigenvalue weighted by atomic mass is 9.74. The molecule has 0 amide bonds. The minimum atomic E-state index is 0.836. The zero-order chi connectivity index (χ0) is 16.8. The van der Waals surface area contributed by atoms with Crippen LogP contribution in [0.25, 0.3) is 0 Å². The summed E-state index contributed by atoms with van der Waals surface area (Å²) in [5, 5.41) is 0. The van der Waals surface area contributed by atoms with E-state index in [9.17, 15) is 0 Å². The molecule has 0 atom stereocenters. The summed E-state index contributed by atoms with van der Waals surface area (Å²) in [7, 11) is 0. The van der Waals surface area contributed by atoms with Gasteiger partial charge in [-0.25, -0.2) is 0 Å². The lowest BCUT2D eigenvalue weighted by molar-refractivity contribution is 0.224. The van der Waals surface area contributed by atoms with Gasteiger partial charge in [0.25, 0.3) is 0 Å². The van der Waals surface area contributed by atoms with Crippen LogP contribution in [-0.4, -0.2) is 0 Å². The normalized spacial score (nSPS) is 31.1. The van der Waals surface area contributed by atoms with Crippen LogP contribution in [0.5, 0.6) is 0 Å². The van der Waals surface area contributed by atoms with Gasteiger partial charge in [-0.05, 0) is 89.6 Å². The van der Waals surface area contributed by atoms with E-state index in [0.29, 0.717) is 0 Å². The average Bonchev–Trinajstić information content (AvgIpc) is 2.63. The van der Waals surface area contributed by atoms with Gasteiger partial charge in [0.05, 0.1) is 0 Å². The molecule has 134 valence electrons. The van der Waals surface area contributed by atoms with Crippen LogP contribution in [0.4, 0.5) is 0 Å². The molecule has 3 rings (SSSR count). The maximum Gasteiger partial charge on any atom is 0.0130 e. The second-order valence-corrected chi connectivity index (χ2v) is 9.77. The highest BCUT2D eigenvalue weighted by Gasteiger charge is 2.25. The molecule has 24 heavy (non-hydrogen) atoms. The Morgan fingerprint density at radius 3 is 1.67 bits per heavy atom. The molecule has 0 N–H and O–H groups in total. The van der Waals surface area contributed by atoms with Crippen LogP contribution in [0, 0.1) is 21.3 Å². The molecule has 2 aliphatic rings. The van der Waals surface area contributed by atoms with Crippen molar-refractivity contribution in [3.63, 3.8) is 0 Å². The summed E-state index contributed by atoms with van der Waals surface area (Å²) < 4.78 is 1.36. The van der Waals surface area contributed by atoms with E-state index in [-0.39, 0.29) is 0 Å². The average molecular weight is 438 g/mol. The molecule has 0 radical (unpaired) electrons. The number of halogens is 1. The third-order valence-corrected chi connectivity index (χ3v) is 7.55. The van der Waals surface area contributed by atoms with Crippen molar-refractivity contribution in [2.45, 2.75) is 89.9 Å². The molecule has 0 heterocycles. The van der Waals surface area contributed by atoms with E-state index in [2.05, 4.69) is 53.8 Å². The van der Waals surface area contributed by atoms with Crippen LogP contribution in [0.2, 0.25) is 0 Å². The highest BCUT2D eigenvalue weighted by molar-refractivity contribution is 14.1. The fraction of sp³-hybridized carbons (Fsp3) is 0.739. The quantitative estimate of drug-likeness (QED) is 0.395. The smallest absolute Gasteiger partial charge is 0.0130 e. The summed E-state index contributed by atoms with van der Waals surface area (Å²) in [6, 6.07) is 9.27. The summed E-state index contributed by atoms with van der Waals surface area (Å²) in [6.45, 7) is 2.35. The van der Waals surface area contributed by atoms with Crippen LogP contribution in [0.3, 0.4) is 0 Å². The second-order valence-electron chi connectivity index (χ2n) is 8.52. The lowest BCUT2D eigenvalue weighted by Gasteiger charge is -2.32. The molecule has 1 aromatic rings. The van der Waals surface area contributed by atoms with Crippen molar-refractivity contribution >= 4 is 22.6 Å². The van der Waals surface area contributed by atoms with Gasteiger partial charge in [0.15, 0.2) is 0 Å². The predicted molar refractivity (Wildman–Crippen MR) is 113 cm³/mol. The van der Waals surface area contributed by atoms with Crippen molar-refractivity contribution in [2.24, 2.45) is 17.8 Å². The molecule has 2 fully saturated rings. The van der Waals surface area contributed by atoms with Crippen LogP contribution in [0.15, 0.2) is 24.3 Å². The van der Waals surface area contributed by atoms with Gasteiger partial charge < -0.3 is 0 Å². The van der Waals surface area contributed by atoms with Gasteiger partial charge >= 0.3 is 0 Å². The Morgan fingerprint density at radius 1 is 0.708 bits per heavy atom. The molecular formula is C23H35I. The van der Waals surface area contributed by atoms with Crippen molar-refractivity contribution in [3.05, 3.63) is 33.4 Å². The SMILES string of the molecule is CCCC1CCC(CCC2CCC(c3ccc(I)cc3)CC2)CC1. The van der Waals surface area contributed by atoms with E-state index in [0.717, 1.165) is 23.7 Å². The van der Waals surface area contributed by atoms with Crippen LogP contribution >= 0.6 is 22.6 Å². The predicted octanol–water partition coefficient (Wildman–Crippen LogP) is 7.95. The summed E-state index contributed by atoms with van der Waals surface area (Å²) in [6.07, 6.45) is 17.8. The molecule has 0 unspecified atom stereocenters. The maximum absolute atomic E-state index is 2.41. The van der Waals surface area contributed by atoms with Crippen molar-refractivity contribution in [3.8, 4) is 0 Å². The summed E-state index contributed by atoms with van der Waals surface area (Å²) >= 11 is 2.41. The Bertz CT molecular complexity index is 461. The second kappa shape index (κ2) is 9.59. The number of hydrogen-bond acceptors (Lipinski definition) is 0. The van der Waals surface area contributed by atoms with Gasteiger partial charge in [-0.3, -0.25) is 0 Å². The van der Waals surface area contributed by atoms with Crippen molar-refractivity contribution in [1.29, 1.82) is 0 Å².